The summed E-state index contributed by atoms with van der Waals surface area (Å²) >= 11 is 5.68. The average molecular weight is 290 g/mol. The van der Waals surface area contributed by atoms with Gasteiger partial charge in [-0.25, -0.2) is 4.39 Å². The molecule has 2 nitrogen and oxygen atoms in total. The summed E-state index contributed by atoms with van der Waals surface area (Å²) in [5.41, 5.74) is 7.21. The molecule has 4 heteroatoms. The van der Waals surface area contributed by atoms with E-state index in [0.717, 1.165) is 11.1 Å². The first kappa shape index (κ1) is 14.4. The van der Waals surface area contributed by atoms with Crippen molar-refractivity contribution in [1.29, 1.82) is 0 Å². The average Bonchev–Trinajstić information content (AvgIpc) is 2.47. The topological polar surface area (TPSA) is 35.2 Å². The molecular formula is C16H13ClFNO. The number of rotatable bonds is 3. The van der Waals surface area contributed by atoms with Crippen molar-refractivity contribution in [3.8, 4) is 17.6 Å². The summed E-state index contributed by atoms with van der Waals surface area (Å²) in [6.07, 6.45) is 0. The number of halogens is 2. The van der Waals surface area contributed by atoms with Crippen LogP contribution in [-0.4, -0.2) is 6.54 Å². The molecule has 2 aromatic rings. The molecule has 0 radical (unpaired) electrons. The lowest BCUT2D eigenvalue weighted by atomic mass is 10.1. The van der Waals surface area contributed by atoms with Gasteiger partial charge in [-0.2, -0.15) is 0 Å². The van der Waals surface area contributed by atoms with Gasteiger partial charge in [0.2, 0.25) is 0 Å². The van der Waals surface area contributed by atoms with E-state index in [2.05, 4.69) is 11.8 Å². The van der Waals surface area contributed by atoms with Crippen molar-refractivity contribution >= 4 is 11.6 Å². The van der Waals surface area contributed by atoms with Crippen LogP contribution in [0.4, 0.5) is 4.39 Å². The maximum Gasteiger partial charge on any atom is 0.142 e. The fourth-order valence-electron chi connectivity index (χ4n) is 1.57. The Morgan fingerprint density at radius 1 is 1.15 bits per heavy atom. The Morgan fingerprint density at radius 2 is 1.90 bits per heavy atom. The largest absolute Gasteiger partial charge is 0.489 e. The van der Waals surface area contributed by atoms with Gasteiger partial charge in [0.1, 0.15) is 18.2 Å². The van der Waals surface area contributed by atoms with Gasteiger partial charge in [0.15, 0.2) is 0 Å². The lowest BCUT2D eigenvalue weighted by molar-refractivity contribution is 0.306. The molecule has 0 saturated heterocycles. The number of hydrogen-bond acceptors (Lipinski definition) is 2. The second-order valence-corrected chi connectivity index (χ2v) is 4.47. The Hall–Kier alpha value is -2.02. The van der Waals surface area contributed by atoms with Gasteiger partial charge in [-0.1, -0.05) is 35.6 Å². The van der Waals surface area contributed by atoms with Gasteiger partial charge < -0.3 is 10.5 Å². The lowest BCUT2D eigenvalue weighted by Gasteiger charge is -2.07. The Labute approximate surface area is 122 Å². The maximum atomic E-state index is 13.0. The van der Waals surface area contributed by atoms with E-state index in [4.69, 9.17) is 22.1 Å². The highest BCUT2D eigenvalue weighted by atomic mass is 35.5. The highest BCUT2D eigenvalue weighted by Crippen LogP contribution is 2.21. The highest BCUT2D eigenvalue weighted by molar-refractivity contribution is 6.30. The van der Waals surface area contributed by atoms with E-state index in [1.807, 2.05) is 24.3 Å². The van der Waals surface area contributed by atoms with Crippen LogP contribution in [0, 0.1) is 17.7 Å². The number of benzene rings is 2. The molecule has 0 aliphatic rings. The SMILES string of the molecule is NCC#Cc1ccc(COc2ccc(F)c(Cl)c2)cc1. The van der Waals surface area contributed by atoms with Gasteiger partial charge in [0, 0.05) is 11.6 Å². The van der Waals surface area contributed by atoms with Crippen LogP contribution in [0.1, 0.15) is 11.1 Å². The first-order valence-electron chi connectivity index (χ1n) is 6.05. The van der Waals surface area contributed by atoms with E-state index in [1.165, 1.54) is 12.1 Å². The molecule has 0 fully saturated rings. The highest BCUT2D eigenvalue weighted by Gasteiger charge is 2.02. The van der Waals surface area contributed by atoms with Crippen molar-refractivity contribution in [3.05, 3.63) is 64.4 Å². The van der Waals surface area contributed by atoms with Gasteiger partial charge in [-0.3, -0.25) is 0 Å². The minimum Gasteiger partial charge on any atom is -0.489 e. The quantitative estimate of drug-likeness (QED) is 0.879. The van der Waals surface area contributed by atoms with Gasteiger partial charge in [-0.15, -0.1) is 0 Å². The predicted molar refractivity (Wildman–Crippen MR) is 78.1 cm³/mol. The third kappa shape index (κ3) is 3.99. The summed E-state index contributed by atoms with van der Waals surface area (Å²) in [4.78, 5) is 0. The van der Waals surface area contributed by atoms with Crippen LogP contribution >= 0.6 is 11.6 Å². The first-order valence-corrected chi connectivity index (χ1v) is 6.42. The summed E-state index contributed by atoms with van der Waals surface area (Å²) in [7, 11) is 0. The van der Waals surface area contributed by atoms with Gasteiger partial charge in [0.25, 0.3) is 0 Å². The molecule has 0 saturated carbocycles. The van der Waals surface area contributed by atoms with E-state index < -0.39 is 5.82 Å². The van der Waals surface area contributed by atoms with Crippen molar-refractivity contribution in [1.82, 2.24) is 0 Å². The zero-order valence-corrected chi connectivity index (χ0v) is 11.5. The van der Waals surface area contributed by atoms with Gasteiger partial charge in [-0.05, 0) is 29.8 Å². The Bertz CT molecular complexity index is 644. The lowest BCUT2D eigenvalue weighted by Crippen LogP contribution is -1.96. The van der Waals surface area contributed by atoms with Crippen LogP contribution < -0.4 is 10.5 Å². The van der Waals surface area contributed by atoms with Gasteiger partial charge in [0.05, 0.1) is 11.6 Å². The molecule has 0 atom stereocenters. The zero-order chi connectivity index (χ0) is 14.4. The summed E-state index contributed by atoms with van der Waals surface area (Å²) in [6.45, 7) is 0.725. The molecule has 0 aromatic heterocycles. The first-order chi connectivity index (χ1) is 9.69. The fraction of sp³-hybridized carbons (Fsp3) is 0.125. The van der Waals surface area contributed by atoms with E-state index in [0.29, 0.717) is 18.9 Å². The Kier molecular flexibility index (Phi) is 5.00. The van der Waals surface area contributed by atoms with Crippen molar-refractivity contribution in [2.45, 2.75) is 6.61 Å². The molecule has 2 aromatic carbocycles. The minimum atomic E-state index is -0.457. The van der Waals surface area contributed by atoms with Crippen LogP contribution in [-0.2, 0) is 6.61 Å². The van der Waals surface area contributed by atoms with E-state index >= 15 is 0 Å². The monoisotopic (exact) mass is 289 g/mol. The molecule has 0 aliphatic carbocycles. The smallest absolute Gasteiger partial charge is 0.142 e. The molecule has 0 aliphatic heterocycles. The molecule has 102 valence electrons. The number of nitrogens with two attached hydrogens (primary N) is 1. The molecule has 2 N–H and O–H groups in total. The molecule has 20 heavy (non-hydrogen) atoms. The Balaban J connectivity index is 1.98. The third-order valence-electron chi connectivity index (χ3n) is 2.59. The molecule has 0 unspecified atom stereocenters. The minimum absolute atomic E-state index is 0.0508. The summed E-state index contributed by atoms with van der Waals surface area (Å²) < 4.78 is 18.5. The van der Waals surface area contributed by atoms with E-state index in [-0.39, 0.29) is 5.02 Å². The summed E-state index contributed by atoms with van der Waals surface area (Å²) in [6, 6.07) is 11.9. The second kappa shape index (κ2) is 6.95. The molecule has 0 amide bonds. The van der Waals surface area contributed by atoms with Crippen molar-refractivity contribution in [2.24, 2.45) is 5.73 Å². The predicted octanol–water partition coefficient (Wildman–Crippen LogP) is 3.37. The van der Waals surface area contributed by atoms with E-state index in [1.54, 1.807) is 6.07 Å². The molecule has 2 rings (SSSR count). The van der Waals surface area contributed by atoms with Crippen LogP contribution in [0.25, 0.3) is 0 Å². The van der Waals surface area contributed by atoms with Crippen molar-refractivity contribution in [3.63, 3.8) is 0 Å². The van der Waals surface area contributed by atoms with Crippen LogP contribution in [0.5, 0.6) is 5.75 Å². The van der Waals surface area contributed by atoms with Crippen LogP contribution in [0.15, 0.2) is 42.5 Å². The van der Waals surface area contributed by atoms with Gasteiger partial charge >= 0.3 is 0 Å². The third-order valence-corrected chi connectivity index (χ3v) is 2.87. The Morgan fingerprint density at radius 3 is 2.55 bits per heavy atom. The fourth-order valence-corrected chi connectivity index (χ4v) is 1.74. The molecule has 0 heterocycles. The molecule has 0 bridgehead atoms. The zero-order valence-electron chi connectivity index (χ0n) is 10.7. The number of ether oxygens (including phenoxy) is 1. The maximum absolute atomic E-state index is 13.0. The van der Waals surface area contributed by atoms with E-state index in [9.17, 15) is 4.39 Å². The van der Waals surface area contributed by atoms with Crippen molar-refractivity contribution in [2.75, 3.05) is 6.54 Å². The van der Waals surface area contributed by atoms with Crippen LogP contribution in [0.3, 0.4) is 0 Å². The van der Waals surface area contributed by atoms with Crippen molar-refractivity contribution < 1.29 is 9.13 Å². The van der Waals surface area contributed by atoms with Crippen LogP contribution in [0.2, 0.25) is 5.02 Å². The number of hydrogen-bond donors (Lipinski definition) is 1. The standard InChI is InChI=1S/C16H13ClFNO/c17-15-10-14(7-8-16(15)18)20-11-13-5-3-12(4-6-13)2-1-9-19/h3-8,10H,9,11,19H2. The molecular weight excluding hydrogens is 277 g/mol. The molecule has 0 spiro atoms. The summed E-state index contributed by atoms with van der Waals surface area (Å²) in [5.74, 6) is 5.81. The summed E-state index contributed by atoms with van der Waals surface area (Å²) in [5, 5.41) is 0.0508. The second-order valence-electron chi connectivity index (χ2n) is 4.07. The normalized spacial score (nSPS) is 9.75.